The van der Waals surface area contributed by atoms with Crippen molar-refractivity contribution in [2.45, 2.75) is 22.8 Å². The molecule has 0 N–H and O–H groups in total. The molecular formula is C22H29ClIN3. The highest BCUT2D eigenvalue weighted by molar-refractivity contribution is 14.1. The van der Waals surface area contributed by atoms with Gasteiger partial charge in [0.2, 0.25) is 0 Å². The molecule has 4 rings (SSSR count). The van der Waals surface area contributed by atoms with Gasteiger partial charge in [0.05, 0.1) is 10.7 Å². The predicted octanol–water partition coefficient (Wildman–Crippen LogP) is 4.47. The standard InChI is InChI=1S/C22H29ClIN3/c23-20-6-2-4-8-22(20)27-15-13-26(14-16-27)19-9-11-25(12-10-19)17-18-5-1-3-7-21(18)24/h1-8,18-19,21H,9-17H2. The zero-order valence-electron chi connectivity index (χ0n) is 15.8. The number of alkyl halides is 1. The number of hydrogen-bond acceptors (Lipinski definition) is 3. The van der Waals surface area contributed by atoms with Crippen molar-refractivity contribution in [3.05, 3.63) is 53.6 Å². The number of allylic oxidation sites excluding steroid dienone is 3. The third-order valence-corrected chi connectivity index (χ3v) is 7.88. The van der Waals surface area contributed by atoms with E-state index in [0.29, 0.717) is 9.84 Å². The van der Waals surface area contributed by atoms with E-state index >= 15 is 0 Å². The minimum atomic E-state index is 0.642. The van der Waals surface area contributed by atoms with E-state index in [4.69, 9.17) is 11.6 Å². The summed E-state index contributed by atoms with van der Waals surface area (Å²) in [6.07, 6.45) is 11.7. The smallest absolute Gasteiger partial charge is 0.0639 e. The first-order valence-electron chi connectivity index (χ1n) is 10.2. The molecule has 27 heavy (non-hydrogen) atoms. The fourth-order valence-electron chi connectivity index (χ4n) is 4.59. The summed E-state index contributed by atoms with van der Waals surface area (Å²) in [6.45, 7) is 8.17. The monoisotopic (exact) mass is 497 g/mol. The summed E-state index contributed by atoms with van der Waals surface area (Å²) < 4.78 is 0.642. The number of piperazine rings is 1. The Hall–Kier alpha value is -0.560. The fourth-order valence-corrected chi connectivity index (χ4v) is 5.55. The van der Waals surface area contributed by atoms with Gasteiger partial charge in [0.25, 0.3) is 0 Å². The Balaban J connectivity index is 1.23. The predicted molar refractivity (Wildman–Crippen MR) is 124 cm³/mol. The van der Waals surface area contributed by atoms with Crippen LogP contribution in [-0.4, -0.2) is 65.6 Å². The molecule has 0 amide bonds. The first kappa shape index (κ1) is 19.7. The van der Waals surface area contributed by atoms with Crippen LogP contribution in [0.5, 0.6) is 0 Å². The van der Waals surface area contributed by atoms with Crippen LogP contribution in [0.4, 0.5) is 5.69 Å². The van der Waals surface area contributed by atoms with Crippen LogP contribution in [0.2, 0.25) is 5.02 Å². The third kappa shape index (κ3) is 4.89. The van der Waals surface area contributed by atoms with E-state index in [1.54, 1.807) is 0 Å². The second-order valence-electron chi connectivity index (χ2n) is 7.88. The van der Waals surface area contributed by atoms with Gasteiger partial charge in [0, 0.05) is 48.6 Å². The molecule has 2 unspecified atom stereocenters. The normalized spacial score (nSPS) is 28.0. The van der Waals surface area contributed by atoms with Crippen LogP contribution in [0.3, 0.4) is 0 Å². The Bertz CT molecular complexity index is 676. The molecule has 3 aliphatic rings. The summed E-state index contributed by atoms with van der Waals surface area (Å²) >= 11 is 8.95. The lowest BCUT2D eigenvalue weighted by Crippen LogP contribution is -2.53. The molecule has 0 spiro atoms. The van der Waals surface area contributed by atoms with Gasteiger partial charge in [-0.05, 0) is 38.1 Å². The Morgan fingerprint density at radius 1 is 0.926 bits per heavy atom. The molecule has 2 saturated heterocycles. The van der Waals surface area contributed by atoms with E-state index in [9.17, 15) is 0 Å². The summed E-state index contributed by atoms with van der Waals surface area (Å²) in [4.78, 5) is 7.84. The SMILES string of the molecule is Clc1ccccc1N1CCN(C2CCN(CC3C=CC=CC3I)CC2)CC1. The molecule has 2 aliphatic heterocycles. The number of likely N-dealkylation sites (tertiary alicyclic amines) is 1. The molecule has 0 aromatic heterocycles. The van der Waals surface area contributed by atoms with E-state index in [-0.39, 0.29) is 0 Å². The molecular weight excluding hydrogens is 469 g/mol. The quantitative estimate of drug-likeness (QED) is 0.449. The highest BCUT2D eigenvalue weighted by atomic mass is 127. The van der Waals surface area contributed by atoms with Crippen molar-refractivity contribution in [3.63, 3.8) is 0 Å². The zero-order valence-corrected chi connectivity index (χ0v) is 18.7. The van der Waals surface area contributed by atoms with Crippen molar-refractivity contribution in [3.8, 4) is 0 Å². The van der Waals surface area contributed by atoms with Crippen molar-refractivity contribution in [1.29, 1.82) is 0 Å². The number of anilines is 1. The van der Waals surface area contributed by atoms with Crippen molar-refractivity contribution in [2.75, 3.05) is 50.7 Å². The number of halogens is 2. The van der Waals surface area contributed by atoms with Crippen LogP contribution in [0.25, 0.3) is 0 Å². The summed E-state index contributed by atoms with van der Waals surface area (Å²) in [7, 11) is 0. The highest BCUT2D eigenvalue weighted by Gasteiger charge is 2.29. The lowest BCUT2D eigenvalue weighted by atomic mass is 9.97. The minimum Gasteiger partial charge on any atom is -0.368 e. The Labute approximate surface area is 182 Å². The second-order valence-corrected chi connectivity index (χ2v) is 9.73. The first-order valence-corrected chi connectivity index (χ1v) is 11.8. The Morgan fingerprint density at radius 3 is 2.33 bits per heavy atom. The van der Waals surface area contributed by atoms with Crippen molar-refractivity contribution in [1.82, 2.24) is 9.80 Å². The van der Waals surface area contributed by atoms with E-state index in [2.05, 4.69) is 73.7 Å². The second kappa shape index (κ2) is 9.29. The van der Waals surface area contributed by atoms with E-state index in [0.717, 1.165) is 37.2 Å². The van der Waals surface area contributed by atoms with Crippen LogP contribution in [0.1, 0.15) is 12.8 Å². The molecule has 1 aromatic carbocycles. The zero-order chi connectivity index (χ0) is 18.6. The number of nitrogens with zero attached hydrogens (tertiary/aromatic N) is 3. The van der Waals surface area contributed by atoms with Gasteiger partial charge in [-0.3, -0.25) is 4.90 Å². The van der Waals surface area contributed by atoms with Crippen LogP contribution in [0.15, 0.2) is 48.6 Å². The van der Waals surface area contributed by atoms with Gasteiger partial charge < -0.3 is 9.80 Å². The third-order valence-electron chi connectivity index (χ3n) is 6.22. The van der Waals surface area contributed by atoms with Crippen LogP contribution >= 0.6 is 34.2 Å². The van der Waals surface area contributed by atoms with Gasteiger partial charge in [-0.2, -0.15) is 0 Å². The topological polar surface area (TPSA) is 9.72 Å². The van der Waals surface area contributed by atoms with Crippen molar-refractivity contribution < 1.29 is 0 Å². The molecule has 1 aliphatic carbocycles. The maximum atomic E-state index is 6.38. The molecule has 5 heteroatoms. The average Bonchev–Trinajstić information content (AvgIpc) is 2.71. The molecule has 1 aromatic rings. The molecule has 2 fully saturated rings. The van der Waals surface area contributed by atoms with E-state index in [1.165, 1.54) is 38.2 Å². The minimum absolute atomic E-state index is 0.642. The number of rotatable bonds is 4. The van der Waals surface area contributed by atoms with E-state index in [1.807, 2.05) is 12.1 Å². The molecule has 0 bridgehead atoms. The largest absolute Gasteiger partial charge is 0.368 e. The number of para-hydroxylation sites is 1. The van der Waals surface area contributed by atoms with Crippen molar-refractivity contribution >= 4 is 39.9 Å². The number of hydrogen-bond donors (Lipinski definition) is 0. The van der Waals surface area contributed by atoms with Gasteiger partial charge in [-0.15, -0.1) is 0 Å². The maximum Gasteiger partial charge on any atom is 0.0639 e. The van der Waals surface area contributed by atoms with Gasteiger partial charge in [0.15, 0.2) is 0 Å². The summed E-state index contributed by atoms with van der Waals surface area (Å²) in [5.41, 5.74) is 1.19. The first-order chi connectivity index (χ1) is 13.2. The van der Waals surface area contributed by atoms with E-state index < -0.39 is 0 Å². The summed E-state index contributed by atoms with van der Waals surface area (Å²) in [6, 6.07) is 8.99. The lowest BCUT2D eigenvalue weighted by Gasteiger charge is -2.44. The van der Waals surface area contributed by atoms with Gasteiger partial charge >= 0.3 is 0 Å². The Morgan fingerprint density at radius 2 is 1.63 bits per heavy atom. The highest BCUT2D eigenvalue weighted by Crippen LogP contribution is 2.28. The molecule has 0 radical (unpaired) electrons. The molecule has 0 saturated carbocycles. The lowest BCUT2D eigenvalue weighted by molar-refractivity contribution is 0.0986. The maximum absolute atomic E-state index is 6.38. The van der Waals surface area contributed by atoms with Gasteiger partial charge in [-0.25, -0.2) is 0 Å². The molecule has 3 nitrogen and oxygen atoms in total. The average molecular weight is 498 g/mol. The van der Waals surface area contributed by atoms with Gasteiger partial charge in [0.1, 0.15) is 0 Å². The summed E-state index contributed by atoms with van der Waals surface area (Å²) in [5, 5.41) is 0.874. The van der Waals surface area contributed by atoms with Gasteiger partial charge in [-0.1, -0.05) is 70.6 Å². The summed E-state index contributed by atoms with van der Waals surface area (Å²) in [5.74, 6) is 0.673. The molecule has 2 atom stereocenters. The Kier molecular flexibility index (Phi) is 6.79. The van der Waals surface area contributed by atoms with Crippen molar-refractivity contribution in [2.24, 2.45) is 5.92 Å². The van der Waals surface area contributed by atoms with Crippen LogP contribution < -0.4 is 4.90 Å². The molecule has 146 valence electrons. The van der Waals surface area contributed by atoms with Crippen LogP contribution in [0, 0.1) is 5.92 Å². The fraction of sp³-hybridized carbons (Fsp3) is 0.545. The number of piperidine rings is 1. The van der Waals surface area contributed by atoms with Crippen LogP contribution in [-0.2, 0) is 0 Å². The number of benzene rings is 1. The molecule has 2 heterocycles.